The maximum Gasteiger partial charge on any atom is 0.255 e. The molecule has 2 amide bonds. The smallest absolute Gasteiger partial charge is 0.255 e. The van der Waals surface area contributed by atoms with Crippen molar-refractivity contribution in [1.82, 2.24) is 5.32 Å². The van der Waals surface area contributed by atoms with Crippen molar-refractivity contribution >= 4 is 34.0 Å². The molecule has 7 heteroatoms. The first-order chi connectivity index (χ1) is 16.0. The fraction of sp³-hybridized carbons (Fsp3) is 0.308. The van der Waals surface area contributed by atoms with Gasteiger partial charge in [-0.15, -0.1) is 0 Å². The Balaban J connectivity index is 1.69. The summed E-state index contributed by atoms with van der Waals surface area (Å²) < 4.78 is 5.68. The first-order valence-corrected chi connectivity index (χ1v) is 11.3. The number of anilines is 2. The monoisotopic (exact) mass is 446 g/mol. The summed E-state index contributed by atoms with van der Waals surface area (Å²) in [5.41, 5.74) is 8.00. The highest BCUT2D eigenvalue weighted by Gasteiger charge is 2.28. The number of nitrogens with zero attached hydrogens (tertiary/aromatic N) is 1. The number of nitrogens with two attached hydrogens (primary N) is 1. The van der Waals surface area contributed by atoms with E-state index in [4.69, 9.17) is 10.5 Å². The molecule has 1 heterocycles. The first-order valence-electron chi connectivity index (χ1n) is 11.3. The molecule has 3 aromatic carbocycles. The molecule has 172 valence electrons. The SMILES string of the molecule is CC1COCC(C)N1c1ccc(C(=O)NCCN)cc1NC(=O)c1ccc2ccccc2c1. The van der Waals surface area contributed by atoms with Gasteiger partial charge in [-0.3, -0.25) is 9.59 Å². The summed E-state index contributed by atoms with van der Waals surface area (Å²) in [4.78, 5) is 28.0. The van der Waals surface area contributed by atoms with E-state index < -0.39 is 0 Å². The Hall–Kier alpha value is -3.42. The summed E-state index contributed by atoms with van der Waals surface area (Å²) in [6.07, 6.45) is 0. The van der Waals surface area contributed by atoms with Crippen molar-refractivity contribution in [1.29, 1.82) is 0 Å². The lowest BCUT2D eigenvalue weighted by atomic mass is 10.0. The van der Waals surface area contributed by atoms with E-state index >= 15 is 0 Å². The number of hydrogen-bond acceptors (Lipinski definition) is 5. The maximum absolute atomic E-state index is 13.2. The summed E-state index contributed by atoms with van der Waals surface area (Å²) in [6.45, 7) is 6.12. The molecule has 4 rings (SSSR count). The minimum atomic E-state index is -0.227. The molecule has 1 aliphatic rings. The van der Waals surface area contributed by atoms with Gasteiger partial charge in [-0.2, -0.15) is 0 Å². The van der Waals surface area contributed by atoms with Crippen LogP contribution in [0.2, 0.25) is 0 Å². The fourth-order valence-electron chi connectivity index (χ4n) is 4.29. The van der Waals surface area contributed by atoms with Gasteiger partial charge in [-0.05, 0) is 55.0 Å². The van der Waals surface area contributed by atoms with Gasteiger partial charge in [0.15, 0.2) is 0 Å². The second-order valence-corrected chi connectivity index (χ2v) is 8.44. The quantitative estimate of drug-likeness (QED) is 0.539. The number of ether oxygens (including phenoxy) is 1. The molecule has 0 aromatic heterocycles. The zero-order valence-corrected chi connectivity index (χ0v) is 19.0. The molecule has 4 N–H and O–H groups in total. The van der Waals surface area contributed by atoms with E-state index in [1.54, 1.807) is 12.1 Å². The zero-order valence-electron chi connectivity index (χ0n) is 19.0. The van der Waals surface area contributed by atoms with E-state index in [1.165, 1.54) is 0 Å². The Labute approximate surface area is 193 Å². The van der Waals surface area contributed by atoms with Gasteiger partial charge < -0.3 is 26.0 Å². The first kappa shape index (κ1) is 22.8. The number of amides is 2. The lowest BCUT2D eigenvalue weighted by molar-refractivity contribution is 0.0757. The van der Waals surface area contributed by atoms with Crippen LogP contribution in [-0.2, 0) is 4.74 Å². The second kappa shape index (κ2) is 10.0. The molecule has 3 aromatic rings. The standard InChI is InChI=1S/C26H30N4O3/c1-17-15-33-16-18(2)30(17)24-10-9-22(25(31)28-12-11-27)14-23(24)29-26(32)21-8-7-19-5-3-4-6-20(19)13-21/h3-10,13-14,17-18H,11-12,15-16,27H2,1-2H3,(H,28,31)(H,29,32). The number of rotatable bonds is 6. The molecule has 1 aliphatic heterocycles. The second-order valence-electron chi connectivity index (χ2n) is 8.44. The summed E-state index contributed by atoms with van der Waals surface area (Å²) in [7, 11) is 0. The van der Waals surface area contributed by atoms with Crippen LogP contribution < -0.4 is 21.3 Å². The fourth-order valence-corrected chi connectivity index (χ4v) is 4.29. The van der Waals surface area contributed by atoms with Gasteiger partial charge in [0.05, 0.1) is 24.6 Å². The number of nitrogens with one attached hydrogen (secondary N) is 2. The third-order valence-electron chi connectivity index (χ3n) is 5.89. The molecule has 0 radical (unpaired) electrons. The molecular weight excluding hydrogens is 416 g/mol. The molecule has 0 aliphatic carbocycles. The molecular formula is C26H30N4O3. The molecule has 33 heavy (non-hydrogen) atoms. The molecule has 0 bridgehead atoms. The van der Waals surface area contributed by atoms with Crippen LogP contribution in [0.1, 0.15) is 34.6 Å². The Morgan fingerprint density at radius 1 is 0.939 bits per heavy atom. The van der Waals surface area contributed by atoms with E-state index in [1.807, 2.05) is 48.5 Å². The van der Waals surface area contributed by atoms with Crippen LogP contribution in [0.4, 0.5) is 11.4 Å². The minimum Gasteiger partial charge on any atom is -0.377 e. The Bertz CT molecular complexity index is 1150. The van der Waals surface area contributed by atoms with Crippen molar-refractivity contribution in [2.45, 2.75) is 25.9 Å². The molecule has 1 saturated heterocycles. The third kappa shape index (κ3) is 4.99. The Morgan fingerprint density at radius 3 is 2.33 bits per heavy atom. The summed E-state index contributed by atoms with van der Waals surface area (Å²) in [6, 6.07) is 19.2. The third-order valence-corrected chi connectivity index (χ3v) is 5.89. The predicted octanol–water partition coefficient (Wildman–Crippen LogP) is 3.39. The van der Waals surface area contributed by atoms with Crippen molar-refractivity contribution in [2.24, 2.45) is 5.73 Å². The Morgan fingerprint density at radius 2 is 1.61 bits per heavy atom. The largest absolute Gasteiger partial charge is 0.377 e. The molecule has 0 spiro atoms. The van der Waals surface area contributed by atoms with Crippen LogP contribution in [0, 0.1) is 0 Å². The van der Waals surface area contributed by atoms with Crippen LogP contribution >= 0.6 is 0 Å². The average Bonchev–Trinajstić information content (AvgIpc) is 2.82. The van der Waals surface area contributed by atoms with E-state index in [-0.39, 0.29) is 23.9 Å². The van der Waals surface area contributed by atoms with Gasteiger partial charge in [-0.1, -0.05) is 30.3 Å². The molecule has 7 nitrogen and oxygen atoms in total. The lowest BCUT2D eigenvalue weighted by Crippen LogP contribution is -2.50. The summed E-state index contributed by atoms with van der Waals surface area (Å²) in [5, 5.41) is 7.91. The lowest BCUT2D eigenvalue weighted by Gasteiger charge is -2.41. The number of hydrogen-bond donors (Lipinski definition) is 3. The number of carbonyl (C=O) groups excluding carboxylic acids is 2. The van der Waals surface area contributed by atoms with Gasteiger partial charge in [0.1, 0.15) is 0 Å². The van der Waals surface area contributed by atoms with E-state index in [0.717, 1.165) is 16.5 Å². The van der Waals surface area contributed by atoms with Gasteiger partial charge in [-0.25, -0.2) is 0 Å². The number of carbonyl (C=O) groups is 2. The average molecular weight is 447 g/mol. The van der Waals surface area contributed by atoms with Crippen LogP contribution in [0.3, 0.4) is 0 Å². The minimum absolute atomic E-state index is 0.127. The van der Waals surface area contributed by atoms with Gasteiger partial charge in [0.2, 0.25) is 0 Å². The van der Waals surface area contributed by atoms with Crippen molar-refractivity contribution < 1.29 is 14.3 Å². The predicted molar refractivity (Wildman–Crippen MR) is 132 cm³/mol. The van der Waals surface area contributed by atoms with Crippen LogP contribution in [0.15, 0.2) is 60.7 Å². The van der Waals surface area contributed by atoms with Crippen molar-refractivity contribution in [3.05, 3.63) is 71.8 Å². The number of morpholine rings is 1. The Kier molecular flexibility index (Phi) is 6.91. The van der Waals surface area contributed by atoms with Gasteiger partial charge >= 0.3 is 0 Å². The highest BCUT2D eigenvalue weighted by atomic mass is 16.5. The van der Waals surface area contributed by atoms with Gasteiger partial charge in [0, 0.05) is 36.3 Å². The molecule has 0 saturated carbocycles. The summed E-state index contributed by atoms with van der Waals surface area (Å²) in [5.74, 6) is -0.452. The van der Waals surface area contributed by atoms with Crippen LogP contribution in [0.5, 0.6) is 0 Å². The molecule has 1 fully saturated rings. The number of fused-ring (bicyclic) bond motifs is 1. The number of benzene rings is 3. The van der Waals surface area contributed by atoms with E-state index in [2.05, 4.69) is 29.4 Å². The van der Waals surface area contributed by atoms with E-state index in [9.17, 15) is 9.59 Å². The zero-order chi connectivity index (χ0) is 23.4. The highest BCUT2D eigenvalue weighted by Crippen LogP contribution is 2.33. The summed E-state index contributed by atoms with van der Waals surface area (Å²) >= 11 is 0. The molecule has 2 atom stereocenters. The van der Waals surface area contributed by atoms with Crippen molar-refractivity contribution in [3.8, 4) is 0 Å². The van der Waals surface area contributed by atoms with Crippen molar-refractivity contribution in [3.63, 3.8) is 0 Å². The van der Waals surface area contributed by atoms with Gasteiger partial charge in [0.25, 0.3) is 11.8 Å². The highest BCUT2D eigenvalue weighted by molar-refractivity contribution is 6.08. The topological polar surface area (TPSA) is 96.7 Å². The van der Waals surface area contributed by atoms with Crippen molar-refractivity contribution in [2.75, 3.05) is 36.5 Å². The van der Waals surface area contributed by atoms with E-state index in [0.29, 0.717) is 43.1 Å². The van der Waals surface area contributed by atoms with Crippen LogP contribution in [0.25, 0.3) is 10.8 Å². The molecule has 2 unspecified atom stereocenters. The maximum atomic E-state index is 13.2. The van der Waals surface area contributed by atoms with Crippen LogP contribution in [-0.4, -0.2) is 50.2 Å². The normalized spacial score (nSPS) is 18.2.